The Hall–Kier alpha value is -1.72. The number of benzene rings is 1. The number of nitrogens with zero attached hydrogens (tertiary/aromatic N) is 1. The molecule has 0 saturated heterocycles. The molecule has 1 aliphatic carbocycles. The van der Waals surface area contributed by atoms with Crippen LogP contribution in [0.3, 0.4) is 0 Å². The van der Waals surface area contributed by atoms with E-state index < -0.39 is 0 Å². The van der Waals surface area contributed by atoms with E-state index in [4.69, 9.17) is 33.7 Å². The molecule has 3 N–H and O–H groups in total. The van der Waals surface area contributed by atoms with Crippen LogP contribution < -0.4 is 16.0 Å². The SMILES string of the molecule is Nc1cc(Cl)c(Oc2cc(C3CCC3)c(=O)[nH]n2)c(Cl)c1. The van der Waals surface area contributed by atoms with Crippen molar-refractivity contribution in [2.75, 3.05) is 5.73 Å². The third kappa shape index (κ3) is 2.84. The molecule has 7 heteroatoms. The molecule has 3 rings (SSSR count). The summed E-state index contributed by atoms with van der Waals surface area (Å²) in [4.78, 5) is 11.8. The molecule has 1 saturated carbocycles. The first-order valence-corrected chi connectivity index (χ1v) is 7.32. The Morgan fingerprint density at radius 2 is 1.90 bits per heavy atom. The minimum atomic E-state index is -0.179. The van der Waals surface area contributed by atoms with Gasteiger partial charge in [-0.05, 0) is 30.9 Å². The van der Waals surface area contributed by atoms with Gasteiger partial charge < -0.3 is 10.5 Å². The molecule has 1 fully saturated rings. The Morgan fingerprint density at radius 1 is 1.24 bits per heavy atom. The highest BCUT2D eigenvalue weighted by atomic mass is 35.5. The molecule has 0 atom stereocenters. The summed E-state index contributed by atoms with van der Waals surface area (Å²) in [5.41, 5.74) is 6.60. The van der Waals surface area contributed by atoms with Gasteiger partial charge in [0.2, 0.25) is 5.88 Å². The zero-order valence-corrected chi connectivity index (χ0v) is 12.5. The lowest BCUT2D eigenvalue weighted by Gasteiger charge is -2.24. The van der Waals surface area contributed by atoms with E-state index in [2.05, 4.69) is 10.2 Å². The number of aromatic nitrogens is 2. The van der Waals surface area contributed by atoms with Crippen molar-refractivity contribution in [3.05, 3.63) is 44.2 Å². The van der Waals surface area contributed by atoms with Gasteiger partial charge in [-0.15, -0.1) is 5.10 Å². The second-order valence-corrected chi connectivity index (χ2v) is 5.85. The van der Waals surface area contributed by atoms with Gasteiger partial charge in [-0.2, -0.15) is 0 Å². The Bertz CT molecular complexity index is 718. The van der Waals surface area contributed by atoms with Gasteiger partial charge in [0.1, 0.15) is 0 Å². The Kier molecular flexibility index (Phi) is 3.78. The molecule has 0 unspecified atom stereocenters. The van der Waals surface area contributed by atoms with E-state index in [1.807, 2.05) is 0 Å². The number of nitrogen functional groups attached to an aromatic ring is 1. The van der Waals surface area contributed by atoms with Crippen molar-refractivity contribution in [1.29, 1.82) is 0 Å². The quantitative estimate of drug-likeness (QED) is 0.842. The molecule has 1 heterocycles. The minimum Gasteiger partial charge on any atom is -0.434 e. The monoisotopic (exact) mass is 325 g/mol. The molecule has 1 aromatic carbocycles. The predicted octanol–water partition coefficient (Wildman–Crippen LogP) is 3.72. The van der Waals surface area contributed by atoms with E-state index in [9.17, 15) is 4.79 Å². The van der Waals surface area contributed by atoms with Gasteiger partial charge in [0.15, 0.2) is 5.75 Å². The lowest BCUT2D eigenvalue weighted by Crippen LogP contribution is -2.21. The van der Waals surface area contributed by atoms with Gasteiger partial charge in [0.25, 0.3) is 5.56 Å². The van der Waals surface area contributed by atoms with Crippen LogP contribution in [0.4, 0.5) is 5.69 Å². The molecule has 0 bridgehead atoms. The second-order valence-electron chi connectivity index (χ2n) is 5.03. The van der Waals surface area contributed by atoms with Crippen LogP contribution in [0.1, 0.15) is 30.7 Å². The highest BCUT2D eigenvalue weighted by molar-refractivity contribution is 6.37. The number of nitrogens with one attached hydrogen (secondary N) is 1. The normalized spacial score (nSPS) is 14.8. The van der Waals surface area contributed by atoms with Gasteiger partial charge in [-0.1, -0.05) is 29.6 Å². The molecule has 0 spiro atoms. The van der Waals surface area contributed by atoms with Crippen LogP contribution in [0.25, 0.3) is 0 Å². The van der Waals surface area contributed by atoms with Crippen LogP contribution in [0.5, 0.6) is 11.6 Å². The van der Waals surface area contributed by atoms with Crippen LogP contribution in [0.15, 0.2) is 23.0 Å². The number of ether oxygens (including phenoxy) is 1. The fourth-order valence-corrected chi connectivity index (χ4v) is 2.84. The number of H-pyrrole nitrogens is 1. The van der Waals surface area contributed by atoms with Crippen molar-refractivity contribution in [2.45, 2.75) is 25.2 Å². The molecule has 5 nitrogen and oxygen atoms in total. The minimum absolute atomic E-state index is 0.179. The Morgan fingerprint density at radius 3 is 2.48 bits per heavy atom. The lowest BCUT2D eigenvalue weighted by atomic mass is 9.81. The van der Waals surface area contributed by atoms with Crippen molar-refractivity contribution >= 4 is 28.9 Å². The van der Waals surface area contributed by atoms with E-state index in [-0.39, 0.29) is 33.2 Å². The maximum absolute atomic E-state index is 11.8. The number of halogens is 2. The number of rotatable bonds is 3. The lowest BCUT2D eigenvalue weighted by molar-refractivity contribution is 0.407. The Balaban J connectivity index is 1.93. The van der Waals surface area contributed by atoms with Crippen LogP contribution in [0, 0.1) is 0 Å². The average molecular weight is 326 g/mol. The van der Waals surface area contributed by atoms with Crippen molar-refractivity contribution in [3.8, 4) is 11.6 Å². The molecule has 0 aliphatic heterocycles. The smallest absolute Gasteiger partial charge is 0.267 e. The second kappa shape index (κ2) is 5.58. The Labute approximate surface area is 131 Å². The zero-order valence-electron chi connectivity index (χ0n) is 11.0. The standard InChI is InChI=1S/C14H13Cl2N3O2/c15-10-4-8(17)5-11(16)13(10)21-12-6-9(7-2-1-3-7)14(20)19-18-12/h4-7H,1-3,17H2,(H,19,20). The first-order valence-electron chi connectivity index (χ1n) is 6.56. The van der Waals surface area contributed by atoms with Gasteiger partial charge in [0, 0.05) is 17.3 Å². The number of aromatic amines is 1. The molecule has 2 aromatic rings. The molecule has 1 aliphatic rings. The van der Waals surface area contributed by atoms with Gasteiger partial charge in [0.05, 0.1) is 10.0 Å². The number of nitrogens with two attached hydrogens (primary N) is 1. The maximum atomic E-state index is 11.8. The van der Waals surface area contributed by atoms with E-state index in [1.54, 1.807) is 18.2 Å². The van der Waals surface area contributed by atoms with Crippen molar-refractivity contribution in [2.24, 2.45) is 0 Å². The molecule has 21 heavy (non-hydrogen) atoms. The largest absolute Gasteiger partial charge is 0.434 e. The fraction of sp³-hybridized carbons (Fsp3) is 0.286. The topological polar surface area (TPSA) is 81.0 Å². The molecule has 0 radical (unpaired) electrons. The van der Waals surface area contributed by atoms with Crippen molar-refractivity contribution < 1.29 is 4.74 Å². The number of hydrogen-bond donors (Lipinski definition) is 2. The van der Waals surface area contributed by atoms with E-state index in [0.29, 0.717) is 11.3 Å². The van der Waals surface area contributed by atoms with Crippen LogP contribution in [-0.2, 0) is 0 Å². The summed E-state index contributed by atoms with van der Waals surface area (Å²) in [6.07, 6.45) is 3.16. The third-order valence-electron chi connectivity index (χ3n) is 3.58. The van der Waals surface area contributed by atoms with Crippen LogP contribution >= 0.6 is 23.2 Å². The summed E-state index contributed by atoms with van der Waals surface area (Å²) in [7, 11) is 0. The zero-order chi connectivity index (χ0) is 15.0. The summed E-state index contributed by atoms with van der Waals surface area (Å²) in [5, 5.41) is 6.90. The van der Waals surface area contributed by atoms with Gasteiger partial charge in [-0.25, -0.2) is 5.10 Å². The summed E-state index contributed by atoms with van der Waals surface area (Å²) in [6.45, 7) is 0. The van der Waals surface area contributed by atoms with E-state index >= 15 is 0 Å². The third-order valence-corrected chi connectivity index (χ3v) is 4.14. The molecule has 110 valence electrons. The van der Waals surface area contributed by atoms with Crippen LogP contribution in [-0.4, -0.2) is 10.2 Å². The average Bonchev–Trinajstić information content (AvgIpc) is 2.35. The maximum Gasteiger partial charge on any atom is 0.267 e. The number of anilines is 1. The van der Waals surface area contributed by atoms with Gasteiger partial charge >= 0.3 is 0 Å². The van der Waals surface area contributed by atoms with Crippen LogP contribution in [0.2, 0.25) is 10.0 Å². The first-order chi connectivity index (χ1) is 10.0. The summed E-state index contributed by atoms with van der Waals surface area (Å²) in [5.74, 6) is 0.799. The summed E-state index contributed by atoms with van der Waals surface area (Å²) in [6, 6.07) is 4.73. The molecular formula is C14H13Cl2N3O2. The van der Waals surface area contributed by atoms with Gasteiger partial charge in [-0.3, -0.25) is 4.79 Å². The van der Waals surface area contributed by atoms with Crippen molar-refractivity contribution in [1.82, 2.24) is 10.2 Å². The summed E-state index contributed by atoms with van der Waals surface area (Å²) < 4.78 is 5.61. The highest BCUT2D eigenvalue weighted by Gasteiger charge is 2.23. The predicted molar refractivity (Wildman–Crippen MR) is 82.4 cm³/mol. The van der Waals surface area contributed by atoms with E-state index in [1.165, 1.54) is 0 Å². The molecular weight excluding hydrogens is 313 g/mol. The highest BCUT2D eigenvalue weighted by Crippen LogP contribution is 2.39. The summed E-state index contributed by atoms with van der Waals surface area (Å²) >= 11 is 12.1. The first kappa shape index (κ1) is 14.2. The molecule has 0 amide bonds. The van der Waals surface area contributed by atoms with E-state index in [0.717, 1.165) is 19.3 Å². The molecule has 1 aromatic heterocycles. The van der Waals surface area contributed by atoms with Crippen molar-refractivity contribution in [3.63, 3.8) is 0 Å². The fourth-order valence-electron chi connectivity index (χ4n) is 2.26. The number of hydrogen-bond acceptors (Lipinski definition) is 4.